The van der Waals surface area contributed by atoms with E-state index in [0.717, 1.165) is 28.0 Å². The fraction of sp³-hybridized carbons (Fsp3) is 0.125. The molecule has 0 unspecified atom stereocenters. The van der Waals surface area contributed by atoms with Crippen LogP contribution >= 0.6 is 0 Å². The second-order valence-corrected chi connectivity index (χ2v) is 6.48. The van der Waals surface area contributed by atoms with Crippen LogP contribution in [0.15, 0.2) is 82.0 Å². The molecule has 1 aromatic heterocycles. The molecule has 4 rings (SSSR count). The SMILES string of the molecule is COc1ccc(-c2cc3ccc(OCc4ccccc4OC)cc3oc2=O)cc1. The molecule has 0 atom stereocenters. The molecule has 0 saturated carbocycles. The summed E-state index contributed by atoms with van der Waals surface area (Å²) in [5.41, 5.74) is 2.29. The number of fused-ring (bicyclic) bond motifs is 1. The number of para-hydroxylation sites is 1. The number of rotatable bonds is 6. The van der Waals surface area contributed by atoms with Crippen LogP contribution in [0.2, 0.25) is 0 Å². The van der Waals surface area contributed by atoms with Gasteiger partial charge in [-0.2, -0.15) is 0 Å². The van der Waals surface area contributed by atoms with E-state index in [2.05, 4.69) is 0 Å². The summed E-state index contributed by atoms with van der Waals surface area (Å²) in [6, 6.07) is 22.3. The van der Waals surface area contributed by atoms with Gasteiger partial charge in [0.15, 0.2) is 0 Å². The van der Waals surface area contributed by atoms with Crippen molar-refractivity contribution in [1.29, 1.82) is 0 Å². The van der Waals surface area contributed by atoms with Gasteiger partial charge in [0.1, 0.15) is 29.4 Å². The standard InChI is InChI=1S/C24H20O5/c1-26-19-10-7-16(8-11-19)21-13-17-9-12-20(14-23(17)29-24(21)25)28-15-18-5-3-4-6-22(18)27-2/h3-14H,15H2,1-2H3. The average Bonchev–Trinajstić information content (AvgIpc) is 2.77. The third kappa shape index (κ3) is 3.94. The van der Waals surface area contributed by atoms with Crippen LogP contribution in [0.4, 0.5) is 0 Å². The van der Waals surface area contributed by atoms with Gasteiger partial charge in [0.2, 0.25) is 0 Å². The van der Waals surface area contributed by atoms with Crippen molar-refractivity contribution in [1.82, 2.24) is 0 Å². The quantitative estimate of drug-likeness (QED) is 0.432. The van der Waals surface area contributed by atoms with E-state index in [0.29, 0.717) is 23.5 Å². The van der Waals surface area contributed by atoms with Crippen LogP contribution in [0.1, 0.15) is 5.56 Å². The van der Waals surface area contributed by atoms with Crippen molar-refractivity contribution < 1.29 is 18.6 Å². The minimum atomic E-state index is -0.399. The first-order valence-electron chi connectivity index (χ1n) is 9.15. The Kier molecular flexibility index (Phi) is 5.20. The van der Waals surface area contributed by atoms with E-state index in [1.807, 2.05) is 66.7 Å². The molecule has 0 fully saturated rings. The normalized spacial score (nSPS) is 10.7. The molecule has 0 saturated heterocycles. The summed E-state index contributed by atoms with van der Waals surface area (Å²) in [6.45, 7) is 0.351. The van der Waals surface area contributed by atoms with Crippen molar-refractivity contribution >= 4 is 11.0 Å². The molecule has 5 heteroatoms. The Labute approximate surface area is 168 Å². The lowest BCUT2D eigenvalue weighted by Gasteiger charge is -2.10. The smallest absolute Gasteiger partial charge is 0.344 e. The average molecular weight is 388 g/mol. The van der Waals surface area contributed by atoms with Crippen LogP contribution in [0.25, 0.3) is 22.1 Å². The van der Waals surface area contributed by atoms with E-state index in [-0.39, 0.29) is 0 Å². The first-order valence-corrected chi connectivity index (χ1v) is 9.15. The molecule has 3 aromatic carbocycles. The molecular weight excluding hydrogens is 368 g/mol. The third-order valence-corrected chi connectivity index (χ3v) is 4.70. The molecule has 0 aliphatic heterocycles. The minimum Gasteiger partial charge on any atom is -0.497 e. The van der Waals surface area contributed by atoms with E-state index in [9.17, 15) is 4.79 Å². The maximum absolute atomic E-state index is 12.5. The van der Waals surface area contributed by atoms with Gasteiger partial charge in [-0.1, -0.05) is 30.3 Å². The summed E-state index contributed by atoms with van der Waals surface area (Å²) in [5.74, 6) is 2.11. The Morgan fingerprint density at radius 3 is 2.34 bits per heavy atom. The van der Waals surface area contributed by atoms with Crippen LogP contribution in [-0.4, -0.2) is 14.2 Å². The molecule has 0 bridgehead atoms. The lowest BCUT2D eigenvalue weighted by atomic mass is 10.1. The van der Waals surface area contributed by atoms with E-state index < -0.39 is 5.63 Å². The van der Waals surface area contributed by atoms with E-state index in [4.69, 9.17) is 18.6 Å². The van der Waals surface area contributed by atoms with Gasteiger partial charge in [-0.3, -0.25) is 0 Å². The zero-order valence-electron chi connectivity index (χ0n) is 16.2. The van der Waals surface area contributed by atoms with Crippen LogP contribution < -0.4 is 19.8 Å². The van der Waals surface area contributed by atoms with Gasteiger partial charge >= 0.3 is 5.63 Å². The Balaban J connectivity index is 1.60. The van der Waals surface area contributed by atoms with Crippen molar-refractivity contribution in [3.05, 3.63) is 88.8 Å². The summed E-state index contributed by atoms with van der Waals surface area (Å²) in [6.07, 6.45) is 0. The Morgan fingerprint density at radius 2 is 1.59 bits per heavy atom. The molecule has 4 aromatic rings. The largest absolute Gasteiger partial charge is 0.497 e. The zero-order chi connectivity index (χ0) is 20.2. The Hall–Kier alpha value is -3.73. The van der Waals surface area contributed by atoms with Gasteiger partial charge < -0.3 is 18.6 Å². The second kappa shape index (κ2) is 8.10. The molecule has 0 aliphatic carbocycles. The van der Waals surface area contributed by atoms with E-state index >= 15 is 0 Å². The highest BCUT2D eigenvalue weighted by Gasteiger charge is 2.10. The summed E-state index contributed by atoms with van der Waals surface area (Å²) < 4.78 is 21.9. The highest BCUT2D eigenvalue weighted by Crippen LogP contribution is 2.27. The number of ether oxygens (including phenoxy) is 3. The zero-order valence-corrected chi connectivity index (χ0v) is 16.2. The van der Waals surface area contributed by atoms with Crippen LogP contribution in [0.5, 0.6) is 17.2 Å². The van der Waals surface area contributed by atoms with Gasteiger partial charge in [-0.25, -0.2) is 4.79 Å². The minimum absolute atomic E-state index is 0.351. The fourth-order valence-corrected chi connectivity index (χ4v) is 3.14. The lowest BCUT2D eigenvalue weighted by molar-refractivity contribution is 0.296. The van der Waals surface area contributed by atoms with Gasteiger partial charge in [0, 0.05) is 17.0 Å². The molecule has 29 heavy (non-hydrogen) atoms. The number of hydrogen-bond acceptors (Lipinski definition) is 5. The molecule has 0 radical (unpaired) electrons. The summed E-state index contributed by atoms with van der Waals surface area (Å²) in [5, 5.41) is 0.819. The molecule has 146 valence electrons. The Morgan fingerprint density at radius 1 is 0.828 bits per heavy atom. The summed E-state index contributed by atoms with van der Waals surface area (Å²) >= 11 is 0. The summed E-state index contributed by atoms with van der Waals surface area (Å²) in [7, 11) is 3.23. The van der Waals surface area contributed by atoms with E-state index in [1.165, 1.54) is 0 Å². The van der Waals surface area contributed by atoms with Crippen LogP contribution in [-0.2, 0) is 6.61 Å². The van der Waals surface area contributed by atoms with Gasteiger partial charge in [-0.05, 0) is 42.0 Å². The lowest BCUT2D eigenvalue weighted by Crippen LogP contribution is -2.03. The van der Waals surface area contributed by atoms with Crippen LogP contribution in [0.3, 0.4) is 0 Å². The van der Waals surface area contributed by atoms with Gasteiger partial charge in [0.05, 0.1) is 19.8 Å². The van der Waals surface area contributed by atoms with Crippen molar-refractivity contribution in [2.24, 2.45) is 0 Å². The number of methoxy groups -OCH3 is 2. The maximum atomic E-state index is 12.5. The molecular formula is C24H20O5. The van der Waals surface area contributed by atoms with Crippen molar-refractivity contribution in [2.45, 2.75) is 6.61 Å². The van der Waals surface area contributed by atoms with Gasteiger partial charge in [-0.15, -0.1) is 0 Å². The molecule has 0 amide bonds. The molecule has 5 nitrogen and oxygen atoms in total. The first-order chi connectivity index (χ1) is 14.2. The fourth-order valence-electron chi connectivity index (χ4n) is 3.14. The summed E-state index contributed by atoms with van der Waals surface area (Å²) in [4.78, 5) is 12.5. The number of benzene rings is 3. The monoisotopic (exact) mass is 388 g/mol. The number of hydrogen-bond donors (Lipinski definition) is 0. The highest BCUT2D eigenvalue weighted by atomic mass is 16.5. The predicted octanol–water partition coefficient (Wildman–Crippen LogP) is 5.06. The maximum Gasteiger partial charge on any atom is 0.344 e. The second-order valence-electron chi connectivity index (χ2n) is 6.48. The van der Waals surface area contributed by atoms with Crippen molar-refractivity contribution in [2.75, 3.05) is 14.2 Å². The molecule has 1 heterocycles. The predicted molar refractivity (Wildman–Crippen MR) is 112 cm³/mol. The highest BCUT2D eigenvalue weighted by molar-refractivity contribution is 5.82. The Bertz CT molecular complexity index is 1190. The van der Waals surface area contributed by atoms with Crippen LogP contribution in [0, 0.1) is 0 Å². The topological polar surface area (TPSA) is 57.9 Å². The third-order valence-electron chi connectivity index (χ3n) is 4.70. The molecule has 0 aliphatic rings. The van der Waals surface area contributed by atoms with Crippen molar-refractivity contribution in [3.63, 3.8) is 0 Å². The molecule has 0 spiro atoms. The molecule has 0 N–H and O–H groups in total. The first kappa shape index (κ1) is 18.6. The van der Waals surface area contributed by atoms with E-state index in [1.54, 1.807) is 20.3 Å². The van der Waals surface area contributed by atoms with Gasteiger partial charge in [0.25, 0.3) is 0 Å². The van der Waals surface area contributed by atoms with Crippen molar-refractivity contribution in [3.8, 4) is 28.4 Å².